The van der Waals surface area contributed by atoms with Crippen LogP contribution in [0.25, 0.3) is 0 Å². The van der Waals surface area contributed by atoms with Gasteiger partial charge in [-0.3, -0.25) is 9.59 Å². The number of amides is 1. The Morgan fingerprint density at radius 2 is 2.08 bits per heavy atom. The van der Waals surface area contributed by atoms with Crippen LogP contribution in [0.15, 0.2) is 0 Å². The summed E-state index contributed by atoms with van der Waals surface area (Å²) in [5.41, 5.74) is 0. The predicted octanol–water partition coefficient (Wildman–Crippen LogP) is -0.0572. The van der Waals surface area contributed by atoms with Gasteiger partial charge in [-0.2, -0.15) is 0 Å². The van der Waals surface area contributed by atoms with E-state index >= 15 is 0 Å². The number of hydrogen-bond donors (Lipinski definition) is 1. The SMILES string of the molecule is CC#CC(=O)N(CC)CC(=O)O. The summed E-state index contributed by atoms with van der Waals surface area (Å²) in [6.07, 6.45) is 0. The third-order valence-electron chi connectivity index (χ3n) is 1.23. The molecule has 0 aromatic rings. The molecule has 0 fully saturated rings. The third kappa shape index (κ3) is 3.62. The summed E-state index contributed by atoms with van der Waals surface area (Å²) in [4.78, 5) is 22.4. The first-order chi connectivity index (χ1) is 5.61. The number of nitrogens with zero attached hydrogens (tertiary/aromatic N) is 1. The van der Waals surface area contributed by atoms with Crippen LogP contribution in [-0.2, 0) is 9.59 Å². The molecule has 0 atom stereocenters. The van der Waals surface area contributed by atoms with Crippen LogP contribution in [0.4, 0.5) is 0 Å². The van der Waals surface area contributed by atoms with Crippen LogP contribution in [0.3, 0.4) is 0 Å². The minimum atomic E-state index is -1.02. The highest BCUT2D eigenvalue weighted by Gasteiger charge is 2.11. The zero-order chi connectivity index (χ0) is 9.56. The van der Waals surface area contributed by atoms with Crippen molar-refractivity contribution < 1.29 is 14.7 Å². The second-order valence-corrected chi connectivity index (χ2v) is 2.09. The molecule has 0 heterocycles. The van der Waals surface area contributed by atoms with Gasteiger partial charge in [0, 0.05) is 6.54 Å². The van der Waals surface area contributed by atoms with E-state index in [-0.39, 0.29) is 6.54 Å². The topological polar surface area (TPSA) is 57.6 Å². The van der Waals surface area contributed by atoms with Crippen molar-refractivity contribution in [2.24, 2.45) is 0 Å². The Labute approximate surface area is 71.2 Å². The fourth-order valence-corrected chi connectivity index (χ4v) is 0.676. The number of hydrogen-bond acceptors (Lipinski definition) is 2. The van der Waals surface area contributed by atoms with Crippen molar-refractivity contribution in [2.75, 3.05) is 13.1 Å². The Morgan fingerprint density at radius 1 is 1.50 bits per heavy atom. The molecule has 0 unspecified atom stereocenters. The summed E-state index contributed by atoms with van der Waals surface area (Å²) in [5, 5.41) is 8.39. The van der Waals surface area contributed by atoms with Gasteiger partial charge in [-0.15, -0.1) is 0 Å². The third-order valence-corrected chi connectivity index (χ3v) is 1.23. The zero-order valence-electron chi connectivity index (χ0n) is 7.13. The van der Waals surface area contributed by atoms with E-state index in [0.29, 0.717) is 6.54 Å². The van der Waals surface area contributed by atoms with E-state index in [1.165, 1.54) is 11.8 Å². The lowest BCUT2D eigenvalue weighted by molar-refractivity contribution is -0.142. The summed E-state index contributed by atoms with van der Waals surface area (Å²) in [6, 6.07) is 0. The Morgan fingerprint density at radius 3 is 2.42 bits per heavy atom. The number of carbonyl (C=O) groups is 2. The molecule has 0 bridgehead atoms. The lowest BCUT2D eigenvalue weighted by Gasteiger charge is -2.14. The molecule has 4 nitrogen and oxygen atoms in total. The summed E-state index contributed by atoms with van der Waals surface area (Å²) in [7, 11) is 0. The summed E-state index contributed by atoms with van der Waals surface area (Å²) >= 11 is 0. The number of aliphatic carboxylic acids is 1. The van der Waals surface area contributed by atoms with Crippen LogP contribution < -0.4 is 0 Å². The van der Waals surface area contributed by atoms with Crippen molar-refractivity contribution in [2.45, 2.75) is 13.8 Å². The highest BCUT2D eigenvalue weighted by molar-refractivity contribution is 5.95. The molecule has 1 amide bonds. The fraction of sp³-hybridized carbons (Fsp3) is 0.500. The van der Waals surface area contributed by atoms with Crippen molar-refractivity contribution in [3.63, 3.8) is 0 Å². The van der Waals surface area contributed by atoms with Crippen molar-refractivity contribution in [3.05, 3.63) is 0 Å². The summed E-state index contributed by atoms with van der Waals surface area (Å²) in [6.45, 7) is 3.31. The second kappa shape index (κ2) is 5.19. The van der Waals surface area contributed by atoms with E-state index < -0.39 is 11.9 Å². The van der Waals surface area contributed by atoms with Gasteiger partial charge in [0.15, 0.2) is 0 Å². The van der Waals surface area contributed by atoms with E-state index in [1.54, 1.807) is 6.92 Å². The molecule has 0 radical (unpaired) electrons. The minimum absolute atomic E-state index is 0.288. The van der Waals surface area contributed by atoms with Crippen molar-refractivity contribution in [3.8, 4) is 11.8 Å². The first-order valence-electron chi connectivity index (χ1n) is 3.55. The molecular formula is C8H11NO3. The normalized spacial score (nSPS) is 8.17. The Balaban J connectivity index is 4.21. The number of rotatable bonds is 3. The molecule has 1 N–H and O–H groups in total. The van der Waals surface area contributed by atoms with Gasteiger partial charge in [-0.05, 0) is 19.8 Å². The largest absolute Gasteiger partial charge is 0.480 e. The van der Waals surface area contributed by atoms with Crippen LogP contribution in [0.5, 0.6) is 0 Å². The lowest BCUT2D eigenvalue weighted by Crippen LogP contribution is -2.34. The van der Waals surface area contributed by atoms with Gasteiger partial charge in [0.25, 0.3) is 5.91 Å². The maximum absolute atomic E-state index is 11.0. The van der Waals surface area contributed by atoms with E-state index in [2.05, 4.69) is 11.8 Å². The lowest BCUT2D eigenvalue weighted by atomic mass is 10.4. The van der Waals surface area contributed by atoms with Crippen LogP contribution in [0.1, 0.15) is 13.8 Å². The van der Waals surface area contributed by atoms with Crippen LogP contribution in [-0.4, -0.2) is 35.0 Å². The first-order valence-corrected chi connectivity index (χ1v) is 3.55. The smallest absolute Gasteiger partial charge is 0.323 e. The van der Waals surface area contributed by atoms with Gasteiger partial charge in [0.2, 0.25) is 0 Å². The Hall–Kier alpha value is -1.50. The average Bonchev–Trinajstić information content (AvgIpc) is 2.00. The molecule has 0 rings (SSSR count). The molecule has 0 aliphatic carbocycles. The van der Waals surface area contributed by atoms with Crippen molar-refractivity contribution in [1.29, 1.82) is 0 Å². The summed E-state index contributed by atoms with van der Waals surface area (Å²) in [5.74, 6) is 3.23. The zero-order valence-corrected chi connectivity index (χ0v) is 7.13. The monoisotopic (exact) mass is 169 g/mol. The molecular weight excluding hydrogens is 158 g/mol. The molecule has 0 saturated carbocycles. The maximum Gasteiger partial charge on any atom is 0.323 e. The van der Waals surface area contributed by atoms with Crippen LogP contribution in [0, 0.1) is 11.8 Å². The van der Waals surface area contributed by atoms with Gasteiger partial charge in [-0.1, -0.05) is 5.92 Å². The molecule has 12 heavy (non-hydrogen) atoms. The number of carbonyl (C=O) groups excluding carboxylic acids is 1. The number of carboxylic acids is 1. The van der Waals surface area contributed by atoms with Crippen LogP contribution >= 0.6 is 0 Å². The molecule has 0 aliphatic rings. The highest BCUT2D eigenvalue weighted by Crippen LogP contribution is 1.87. The molecule has 66 valence electrons. The second-order valence-electron chi connectivity index (χ2n) is 2.09. The summed E-state index contributed by atoms with van der Waals surface area (Å²) < 4.78 is 0. The molecule has 0 aliphatic heterocycles. The van der Waals surface area contributed by atoms with Gasteiger partial charge in [0.1, 0.15) is 6.54 Å². The quantitative estimate of drug-likeness (QED) is 0.602. The van der Waals surface area contributed by atoms with Crippen molar-refractivity contribution >= 4 is 11.9 Å². The maximum atomic E-state index is 11.0. The van der Waals surface area contributed by atoms with Gasteiger partial charge in [-0.25, -0.2) is 0 Å². The van der Waals surface area contributed by atoms with E-state index in [4.69, 9.17) is 5.11 Å². The van der Waals surface area contributed by atoms with Gasteiger partial charge >= 0.3 is 5.97 Å². The predicted molar refractivity (Wildman–Crippen MR) is 43.3 cm³/mol. The number of likely N-dealkylation sites (N-methyl/N-ethyl adjacent to an activating group) is 1. The van der Waals surface area contributed by atoms with E-state index in [0.717, 1.165) is 0 Å². The van der Waals surface area contributed by atoms with Gasteiger partial charge < -0.3 is 10.0 Å². The molecule has 0 aromatic heterocycles. The Kier molecular flexibility index (Phi) is 4.54. The average molecular weight is 169 g/mol. The molecule has 0 saturated heterocycles. The van der Waals surface area contributed by atoms with Crippen molar-refractivity contribution in [1.82, 2.24) is 4.90 Å². The molecule has 4 heteroatoms. The number of carboxylic acid groups (broad SMARTS) is 1. The molecule has 0 spiro atoms. The molecule has 0 aromatic carbocycles. The Bertz CT molecular complexity index is 236. The van der Waals surface area contributed by atoms with E-state index in [9.17, 15) is 9.59 Å². The fourth-order valence-electron chi connectivity index (χ4n) is 0.676. The van der Waals surface area contributed by atoms with Crippen LogP contribution in [0.2, 0.25) is 0 Å². The standard InChI is InChI=1S/C8H11NO3/c1-3-5-7(10)9(4-2)6-8(11)12/h4,6H2,1-2H3,(H,11,12). The van der Waals surface area contributed by atoms with Gasteiger partial charge in [0.05, 0.1) is 0 Å². The minimum Gasteiger partial charge on any atom is -0.480 e. The first kappa shape index (κ1) is 10.5. The van der Waals surface area contributed by atoms with E-state index in [1.807, 2.05) is 0 Å². The highest BCUT2D eigenvalue weighted by atomic mass is 16.4.